The van der Waals surface area contributed by atoms with E-state index in [1.54, 1.807) is 24.3 Å². The zero-order valence-corrected chi connectivity index (χ0v) is 11.5. The molecule has 1 aliphatic rings. The van der Waals surface area contributed by atoms with Crippen molar-refractivity contribution < 1.29 is 9.53 Å². The molecule has 1 unspecified atom stereocenters. The Hall–Kier alpha value is -2.28. The number of carbonyl (C=O) groups is 1. The molecule has 1 N–H and O–H groups in total. The van der Waals surface area contributed by atoms with E-state index in [0.717, 1.165) is 17.7 Å². The molecule has 0 aliphatic carbocycles. The number of rotatable bonds is 4. The number of nitrogens with one attached hydrogen (secondary N) is 1. The molecular formula is C14H16N4O3. The van der Waals surface area contributed by atoms with E-state index >= 15 is 0 Å². The Morgan fingerprint density at radius 1 is 1.43 bits per heavy atom. The van der Waals surface area contributed by atoms with Gasteiger partial charge < -0.3 is 10.1 Å². The molecule has 2 aromatic rings. The molecular weight excluding hydrogens is 272 g/mol. The van der Waals surface area contributed by atoms with Gasteiger partial charge in [0, 0.05) is 19.1 Å². The largest absolute Gasteiger partial charge is 0.381 e. The molecule has 3 rings (SSSR count). The van der Waals surface area contributed by atoms with Crippen LogP contribution in [0, 0.1) is 5.92 Å². The molecule has 0 radical (unpaired) electrons. The molecule has 1 saturated heterocycles. The lowest BCUT2D eigenvalue weighted by molar-refractivity contribution is -0.122. The van der Waals surface area contributed by atoms with Crippen LogP contribution in [0.2, 0.25) is 0 Å². The SMILES string of the molecule is O=C(Cn1nnc2ccccc2c1=O)NCC1CCOC1. The fourth-order valence-corrected chi connectivity index (χ4v) is 2.32. The van der Waals surface area contributed by atoms with Gasteiger partial charge in [-0.25, -0.2) is 4.68 Å². The van der Waals surface area contributed by atoms with Crippen molar-refractivity contribution in [3.05, 3.63) is 34.6 Å². The maximum atomic E-state index is 12.2. The van der Waals surface area contributed by atoms with Gasteiger partial charge in [-0.1, -0.05) is 17.3 Å². The Morgan fingerprint density at radius 3 is 3.10 bits per heavy atom. The van der Waals surface area contributed by atoms with Gasteiger partial charge in [0.2, 0.25) is 5.91 Å². The van der Waals surface area contributed by atoms with Crippen LogP contribution in [0.5, 0.6) is 0 Å². The third kappa shape index (κ3) is 3.08. The summed E-state index contributed by atoms with van der Waals surface area (Å²) in [5.74, 6) is 0.113. The molecule has 2 heterocycles. The summed E-state index contributed by atoms with van der Waals surface area (Å²) < 4.78 is 6.33. The molecule has 1 aromatic heterocycles. The lowest BCUT2D eigenvalue weighted by Crippen LogP contribution is -2.36. The third-order valence-corrected chi connectivity index (χ3v) is 3.53. The summed E-state index contributed by atoms with van der Waals surface area (Å²) in [6.07, 6.45) is 0.954. The lowest BCUT2D eigenvalue weighted by Gasteiger charge is -2.09. The molecule has 1 atom stereocenters. The molecule has 1 fully saturated rings. The highest BCUT2D eigenvalue weighted by Gasteiger charge is 2.17. The second-order valence-electron chi connectivity index (χ2n) is 5.10. The zero-order valence-electron chi connectivity index (χ0n) is 11.5. The first-order valence-corrected chi connectivity index (χ1v) is 6.91. The number of aromatic nitrogens is 3. The summed E-state index contributed by atoms with van der Waals surface area (Å²) in [4.78, 5) is 24.1. The number of benzene rings is 1. The van der Waals surface area contributed by atoms with E-state index in [1.807, 2.05) is 0 Å². The minimum atomic E-state index is -0.306. The van der Waals surface area contributed by atoms with Crippen LogP contribution in [-0.4, -0.2) is 40.7 Å². The maximum absolute atomic E-state index is 12.2. The highest BCUT2D eigenvalue weighted by molar-refractivity contribution is 5.78. The minimum Gasteiger partial charge on any atom is -0.381 e. The van der Waals surface area contributed by atoms with E-state index in [1.165, 1.54) is 0 Å². The summed E-state index contributed by atoms with van der Waals surface area (Å²) in [5, 5.41) is 11.0. The fourth-order valence-electron chi connectivity index (χ4n) is 2.32. The van der Waals surface area contributed by atoms with Crippen molar-refractivity contribution in [2.24, 2.45) is 5.92 Å². The molecule has 7 heteroatoms. The Morgan fingerprint density at radius 2 is 2.29 bits per heavy atom. The van der Waals surface area contributed by atoms with Crippen molar-refractivity contribution in [3.63, 3.8) is 0 Å². The number of fused-ring (bicyclic) bond motifs is 1. The van der Waals surface area contributed by atoms with Crippen LogP contribution in [0.4, 0.5) is 0 Å². The number of amides is 1. The van der Waals surface area contributed by atoms with Crippen LogP contribution in [-0.2, 0) is 16.1 Å². The second kappa shape index (κ2) is 6.01. The first-order chi connectivity index (χ1) is 10.2. The van der Waals surface area contributed by atoms with Crippen molar-refractivity contribution in [1.29, 1.82) is 0 Å². The lowest BCUT2D eigenvalue weighted by atomic mass is 10.1. The number of ether oxygens (including phenoxy) is 1. The summed E-state index contributed by atoms with van der Waals surface area (Å²) in [7, 11) is 0. The molecule has 0 bridgehead atoms. The van der Waals surface area contributed by atoms with E-state index in [2.05, 4.69) is 15.6 Å². The van der Waals surface area contributed by atoms with Gasteiger partial charge in [-0.05, 0) is 18.6 Å². The van der Waals surface area contributed by atoms with Crippen molar-refractivity contribution in [2.75, 3.05) is 19.8 Å². The average Bonchev–Trinajstić information content (AvgIpc) is 3.02. The van der Waals surface area contributed by atoms with Gasteiger partial charge in [-0.3, -0.25) is 9.59 Å². The molecule has 21 heavy (non-hydrogen) atoms. The normalized spacial score (nSPS) is 18.0. The quantitative estimate of drug-likeness (QED) is 0.852. The van der Waals surface area contributed by atoms with Gasteiger partial charge >= 0.3 is 0 Å². The van der Waals surface area contributed by atoms with Gasteiger partial charge in [-0.2, -0.15) is 0 Å². The Labute approximate surface area is 120 Å². The van der Waals surface area contributed by atoms with Crippen LogP contribution in [0.1, 0.15) is 6.42 Å². The predicted octanol–water partition coefficient (Wildman–Crippen LogP) is -0.0558. The van der Waals surface area contributed by atoms with Crippen molar-refractivity contribution in [3.8, 4) is 0 Å². The zero-order chi connectivity index (χ0) is 14.7. The van der Waals surface area contributed by atoms with Crippen LogP contribution < -0.4 is 10.9 Å². The monoisotopic (exact) mass is 288 g/mol. The average molecular weight is 288 g/mol. The Bertz CT molecular complexity index is 707. The van der Waals surface area contributed by atoms with E-state index in [-0.39, 0.29) is 18.0 Å². The maximum Gasteiger partial charge on any atom is 0.278 e. The number of carbonyl (C=O) groups excluding carboxylic acids is 1. The molecule has 110 valence electrons. The topological polar surface area (TPSA) is 86.1 Å². The first-order valence-electron chi connectivity index (χ1n) is 6.91. The van der Waals surface area contributed by atoms with Crippen molar-refractivity contribution in [1.82, 2.24) is 20.3 Å². The first kappa shape index (κ1) is 13.7. The van der Waals surface area contributed by atoms with Crippen molar-refractivity contribution in [2.45, 2.75) is 13.0 Å². The van der Waals surface area contributed by atoms with Crippen LogP contribution >= 0.6 is 0 Å². The highest BCUT2D eigenvalue weighted by atomic mass is 16.5. The van der Waals surface area contributed by atoms with Gasteiger partial charge in [0.05, 0.1) is 12.0 Å². The fraction of sp³-hybridized carbons (Fsp3) is 0.429. The number of hydrogen-bond donors (Lipinski definition) is 1. The minimum absolute atomic E-state index is 0.121. The van der Waals surface area contributed by atoms with Gasteiger partial charge in [0.25, 0.3) is 5.56 Å². The van der Waals surface area contributed by atoms with Gasteiger partial charge in [0.15, 0.2) is 0 Å². The Balaban J connectivity index is 1.68. The number of nitrogens with zero attached hydrogens (tertiary/aromatic N) is 3. The summed E-state index contributed by atoms with van der Waals surface area (Å²) in [6.45, 7) is 1.87. The summed E-state index contributed by atoms with van der Waals surface area (Å²) >= 11 is 0. The molecule has 7 nitrogen and oxygen atoms in total. The summed E-state index contributed by atoms with van der Waals surface area (Å²) in [5.41, 5.74) is 0.224. The van der Waals surface area contributed by atoms with Crippen molar-refractivity contribution >= 4 is 16.8 Å². The number of hydrogen-bond acceptors (Lipinski definition) is 5. The van der Waals surface area contributed by atoms with E-state index in [9.17, 15) is 9.59 Å². The van der Waals surface area contributed by atoms with Crippen LogP contribution in [0.15, 0.2) is 29.1 Å². The molecule has 1 amide bonds. The third-order valence-electron chi connectivity index (χ3n) is 3.53. The van der Waals surface area contributed by atoms with E-state index in [0.29, 0.717) is 30.0 Å². The van der Waals surface area contributed by atoms with Crippen LogP contribution in [0.3, 0.4) is 0 Å². The molecule has 0 spiro atoms. The molecule has 0 saturated carbocycles. The standard InChI is InChI=1S/C14H16N4O3/c19-13(15-7-10-5-6-21-9-10)8-18-14(20)11-3-1-2-4-12(11)16-17-18/h1-4,10H,5-9H2,(H,15,19). The highest BCUT2D eigenvalue weighted by Crippen LogP contribution is 2.10. The van der Waals surface area contributed by atoms with Gasteiger partial charge in [0.1, 0.15) is 12.1 Å². The van der Waals surface area contributed by atoms with Gasteiger partial charge in [-0.15, -0.1) is 5.10 Å². The smallest absolute Gasteiger partial charge is 0.278 e. The van der Waals surface area contributed by atoms with E-state index in [4.69, 9.17) is 4.74 Å². The van der Waals surface area contributed by atoms with E-state index < -0.39 is 0 Å². The summed E-state index contributed by atoms with van der Waals surface area (Å²) in [6, 6.07) is 6.94. The Kier molecular flexibility index (Phi) is 3.92. The predicted molar refractivity (Wildman–Crippen MR) is 75.7 cm³/mol. The molecule has 1 aliphatic heterocycles. The van der Waals surface area contributed by atoms with Crippen LogP contribution in [0.25, 0.3) is 10.9 Å². The molecule has 1 aromatic carbocycles. The second-order valence-corrected chi connectivity index (χ2v) is 5.10.